The Labute approximate surface area is 142 Å². The summed E-state index contributed by atoms with van der Waals surface area (Å²) in [7, 11) is 0. The molecule has 24 heavy (non-hydrogen) atoms. The third-order valence-electron chi connectivity index (χ3n) is 4.82. The van der Waals surface area contributed by atoms with Crippen molar-refractivity contribution in [3.8, 4) is 0 Å². The lowest BCUT2D eigenvalue weighted by molar-refractivity contribution is -0.117. The molecule has 2 aliphatic carbocycles. The molecule has 1 spiro atoms. The molecule has 2 aromatic carbocycles. The van der Waals surface area contributed by atoms with Crippen LogP contribution in [-0.4, -0.2) is 5.78 Å². The standard InChI is InChI=1S/C23H18O/c1-17-16-20(18-10-4-2-5-11-18)23(15-9-8-14-21(23)24)22(17)19-12-6-3-7-13-19/h2-16H,1H3. The van der Waals surface area contributed by atoms with Crippen molar-refractivity contribution < 1.29 is 4.79 Å². The average molecular weight is 310 g/mol. The molecule has 116 valence electrons. The van der Waals surface area contributed by atoms with Gasteiger partial charge in [-0.1, -0.05) is 85.0 Å². The van der Waals surface area contributed by atoms with Crippen molar-refractivity contribution in [2.75, 3.05) is 0 Å². The molecule has 0 saturated heterocycles. The Hall–Kier alpha value is -2.93. The predicted molar refractivity (Wildman–Crippen MR) is 99.2 cm³/mol. The second-order valence-corrected chi connectivity index (χ2v) is 6.24. The molecule has 0 N–H and O–H groups in total. The molecule has 0 fully saturated rings. The first kappa shape index (κ1) is 14.6. The van der Waals surface area contributed by atoms with Crippen LogP contribution in [0.1, 0.15) is 18.1 Å². The molecule has 0 aliphatic heterocycles. The van der Waals surface area contributed by atoms with E-state index < -0.39 is 5.41 Å². The Morgan fingerprint density at radius 3 is 2.04 bits per heavy atom. The number of allylic oxidation sites excluding steroid dienone is 8. The Bertz CT molecular complexity index is 911. The van der Waals surface area contributed by atoms with Crippen molar-refractivity contribution in [3.63, 3.8) is 0 Å². The molecular formula is C23H18O. The molecule has 0 bridgehead atoms. The van der Waals surface area contributed by atoms with E-state index in [2.05, 4.69) is 37.3 Å². The highest BCUT2D eigenvalue weighted by molar-refractivity contribution is 6.19. The summed E-state index contributed by atoms with van der Waals surface area (Å²) >= 11 is 0. The monoisotopic (exact) mass is 310 g/mol. The minimum atomic E-state index is -0.721. The molecule has 1 heteroatoms. The number of hydrogen-bond donors (Lipinski definition) is 0. The molecule has 1 nitrogen and oxygen atoms in total. The van der Waals surface area contributed by atoms with Gasteiger partial charge in [0, 0.05) is 0 Å². The molecule has 4 rings (SSSR count). The number of rotatable bonds is 2. The summed E-state index contributed by atoms with van der Waals surface area (Å²) in [5.41, 5.74) is 4.77. The second-order valence-electron chi connectivity index (χ2n) is 6.24. The predicted octanol–water partition coefficient (Wildman–Crippen LogP) is 5.24. The van der Waals surface area contributed by atoms with Crippen LogP contribution in [0.15, 0.2) is 96.6 Å². The van der Waals surface area contributed by atoms with E-state index in [4.69, 9.17) is 0 Å². The Balaban J connectivity index is 1.97. The van der Waals surface area contributed by atoms with Crippen LogP contribution in [0, 0.1) is 5.41 Å². The SMILES string of the molecule is CC1=C(c2ccccc2)C2(C=CC=CC2=O)C(c2ccccc2)=C1. The zero-order valence-corrected chi connectivity index (χ0v) is 13.6. The first-order valence-electron chi connectivity index (χ1n) is 8.18. The van der Waals surface area contributed by atoms with E-state index >= 15 is 0 Å². The highest BCUT2D eigenvalue weighted by Crippen LogP contribution is 2.55. The van der Waals surface area contributed by atoms with Crippen molar-refractivity contribution in [3.05, 3.63) is 108 Å². The third-order valence-corrected chi connectivity index (χ3v) is 4.82. The molecule has 1 unspecified atom stereocenters. The summed E-state index contributed by atoms with van der Waals surface area (Å²) in [5, 5.41) is 0. The van der Waals surface area contributed by atoms with Crippen LogP contribution in [0.3, 0.4) is 0 Å². The van der Waals surface area contributed by atoms with Crippen molar-refractivity contribution in [2.24, 2.45) is 5.41 Å². The quantitative estimate of drug-likeness (QED) is 0.741. The van der Waals surface area contributed by atoms with Gasteiger partial charge in [0.15, 0.2) is 5.78 Å². The third kappa shape index (κ3) is 2.05. The molecule has 2 aliphatic rings. The van der Waals surface area contributed by atoms with E-state index in [9.17, 15) is 4.79 Å². The largest absolute Gasteiger partial charge is 0.293 e. The zero-order chi connectivity index (χ0) is 16.6. The Morgan fingerprint density at radius 1 is 0.792 bits per heavy atom. The maximum Gasteiger partial charge on any atom is 0.174 e. The maximum atomic E-state index is 13.1. The van der Waals surface area contributed by atoms with Gasteiger partial charge in [-0.25, -0.2) is 0 Å². The lowest BCUT2D eigenvalue weighted by Gasteiger charge is -2.32. The van der Waals surface area contributed by atoms with E-state index in [1.807, 2.05) is 54.6 Å². The fourth-order valence-corrected chi connectivity index (χ4v) is 3.82. The zero-order valence-electron chi connectivity index (χ0n) is 13.6. The molecule has 0 amide bonds. The molecule has 0 aromatic heterocycles. The minimum Gasteiger partial charge on any atom is -0.293 e. The highest BCUT2D eigenvalue weighted by atomic mass is 16.1. The normalized spacial score (nSPS) is 22.4. The van der Waals surface area contributed by atoms with Gasteiger partial charge in [-0.3, -0.25) is 4.79 Å². The summed E-state index contributed by atoms with van der Waals surface area (Å²) < 4.78 is 0. The van der Waals surface area contributed by atoms with Gasteiger partial charge in [-0.15, -0.1) is 0 Å². The molecule has 0 radical (unpaired) electrons. The van der Waals surface area contributed by atoms with Crippen LogP contribution in [0.5, 0.6) is 0 Å². The second kappa shape index (κ2) is 5.61. The van der Waals surface area contributed by atoms with Crippen molar-refractivity contribution in [2.45, 2.75) is 6.92 Å². The highest BCUT2D eigenvalue weighted by Gasteiger charge is 2.47. The summed E-state index contributed by atoms with van der Waals surface area (Å²) in [4.78, 5) is 13.1. The number of ketones is 1. The van der Waals surface area contributed by atoms with Crippen molar-refractivity contribution >= 4 is 16.9 Å². The lowest BCUT2D eigenvalue weighted by atomic mass is 9.67. The molecular weight excluding hydrogens is 292 g/mol. The minimum absolute atomic E-state index is 0.121. The fourth-order valence-electron chi connectivity index (χ4n) is 3.82. The van der Waals surface area contributed by atoms with Gasteiger partial charge in [-0.05, 0) is 40.8 Å². The van der Waals surface area contributed by atoms with E-state index in [1.54, 1.807) is 6.08 Å². The van der Waals surface area contributed by atoms with Crippen molar-refractivity contribution in [1.82, 2.24) is 0 Å². The van der Waals surface area contributed by atoms with E-state index in [0.29, 0.717) is 0 Å². The average Bonchev–Trinajstić information content (AvgIpc) is 2.92. The first-order valence-corrected chi connectivity index (χ1v) is 8.18. The van der Waals surface area contributed by atoms with Gasteiger partial charge in [-0.2, -0.15) is 0 Å². The number of carbonyl (C=O) groups is 1. The van der Waals surface area contributed by atoms with Gasteiger partial charge in [0.05, 0.1) is 0 Å². The molecule has 2 aromatic rings. The maximum absolute atomic E-state index is 13.1. The van der Waals surface area contributed by atoms with E-state index in [1.165, 1.54) is 0 Å². The van der Waals surface area contributed by atoms with Crippen LogP contribution in [-0.2, 0) is 4.79 Å². The first-order chi connectivity index (χ1) is 11.7. The number of carbonyl (C=O) groups excluding carboxylic acids is 1. The van der Waals surface area contributed by atoms with Crippen LogP contribution >= 0.6 is 0 Å². The number of benzene rings is 2. The van der Waals surface area contributed by atoms with E-state index in [0.717, 1.165) is 27.8 Å². The molecule has 0 heterocycles. The Kier molecular flexibility index (Phi) is 3.42. The summed E-state index contributed by atoms with van der Waals surface area (Å²) in [6, 6.07) is 20.4. The Morgan fingerprint density at radius 2 is 1.42 bits per heavy atom. The summed E-state index contributed by atoms with van der Waals surface area (Å²) in [5.74, 6) is 0.121. The van der Waals surface area contributed by atoms with Crippen LogP contribution in [0.25, 0.3) is 11.1 Å². The van der Waals surface area contributed by atoms with E-state index in [-0.39, 0.29) is 5.78 Å². The topological polar surface area (TPSA) is 17.1 Å². The fraction of sp³-hybridized carbons (Fsp3) is 0.0870. The van der Waals surface area contributed by atoms with Gasteiger partial charge < -0.3 is 0 Å². The molecule has 0 saturated carbocycles. The van der Waals surface area contributed by atoms with Gasteiger partial charge >= 0.3 is 0 Å². The van der Waals surface area contributed by atoms with Crippen LogP contribution in [0.4, 0.5) is 0 Å². The summed E-state index contributed by atoms with van der Waals surface area (Å²) in [6.45, 7) is 2.10. The summed E-state index contributed by atoms with van der Waals surface area (Å²) in [6.07, 6.45) is 9.72. The van der Waals surface area contributed by atoms with Crippen LogP contribution in [0.2, 0.25) is 0 Å². The van der Waals surface area contributed by atoms with Gasteiger partial charge in [0.1, 0.15) is 5.41 Å². The lowest BCUT2D eigenvalue weighted by Crippen LogP contribution is -2.30. The van der Waals surface area contributed by atoms with Crippen molar-refractivity contribution in [1.29, 1.82) is 0 Å². The smallest absolute Gasteiger partial charge is 0.174 e. The van der Waals surface area contributed by atoms with Crippen LogP contribution < -0.4 is 0 Å². The van der Waals surface area contributed by atoms with Gasteiger partial charge in [0.25, 0.3) is 0 Å². The van der Waals surface area contributed by atoms with Gasteiger partial charge in [0.2, 0.25) is 0 Å². The molecule has 1 atom stereocenters. The number of hydrogen-bond acceptors (Lipinski definition) is 1.